The first-order chi connectivity index (χ1) is 5.34. The highest BCUT2D eigenvalue weighted by Gasteiger charge is 1.97. The minimum Gasteiger partial charge on any atom is -0.383 e. The van der Waals surface area contributed by atoms with Crippen LogP contribution in [0.1, 0.15) is 18.2 Å². The van der Waals surface area contributed by atoms with Crippen molar-refractivity contribution in [2.45, 2.75) is 13.3 Å². The number of thiazole rings is 1. The van der Waals surface area contributed by atoms with Crippen LogP contribution in [-0.4, -0.2) is 17.4 Å². The zero-order valence-corrected chi connectivity index (χ0v) is 7.27. The summed E-state index contributed by atoms with van der Waals surface area (Å²) in [5, 5.41) is 0. The molecule has 60 valence electrons. The lowest BCUT2D eigenvalue weighted by atomic mass is 10.4. The zero-order valence-electron chi connectivity index (χ0n) is 6.45. The second-order valence-electron chi connectivity index (χ2n) is 2.13. The number of aliphatic imine (C=N–C) groups is 1. The van der Waals surface area contributed by atoms with Crippen molar-refractivity contribution in [3.8, 4) is 0 Å². The van der Waals surface area contributed by atoms with Crippen LogP contribution in [0.3, 0.4) is 0 Å². The summed E-state index contributed by atoms with van der Waals surface area (Å²) in [6, 6.07) is 0. The average Bonchev–Trinajstić information content (AvgIpc) is 2.52. The van der Waals surface area contributed by atoms with Gasteiger partial charge in [-0.2, -0.15) is 0 Å². The Bertz CT molecular complexity index is 228. The molecule has 0 amide bonds. The monoisotopic (exact) mass is 169 g/mol. The van der Waals surface area contributed by atoms with E-state index in [0.717, 1.165) is 17.8 Å². The van der Waals surface area contributed by atoms with Gasteiger partial charge < -0.3 is 5.73 Å². The van der Waals surface area contributed by atoms with Crippen LogP contribution in [0.4, 0.5) is 0 Å². The Labute approximate surface area is 70.0 Å². The van der Waals surface area contributed by atoms with Crippen LogP contribution in [0.15, 0.2) is 16.7 Å². The fraction of sp³-hybridized carbons (Fsp3) is 0.429. The van der Waals surface area contributed by atoms with Crippen LogP contribution in [0.5, 0.6) is 0 Å². The van der Waals surface area contributed by atoms with Crippen molar-refractivity contribution >= 4 is 17.2 Å². The Morgan fingerprint density at radius 2 is 2.64 bits per heavy atom. The molecule has 0 aromatic carbocycles. The molecule has 1 aromatic rings. The van der Waals surface area contributed by atoms with E-state index in [9.17, 15) is 0 Å². The van der Waals surface area contributed by atoms with Crippen molar-refractivity contribution in [2.24, 2.45) is 10.7 Å². The summed E-state index contributed by atoms with van der Waals surface area (Å²) < 4.78 is 0. The molecule has 0 atom stereocenters. The van der Waals surface area contributed by atoms with Crippen molar-refractivity contribution < 1.29 is 0 Å². The fourth-order valence-corrected chi connectivity index (χ4v) is 1.19. The van der Waals surface area contributed by atoms with Gasteiger partial charge in [0.05, 0.1) is 10.4 Å². The van der Waals surface area contributed by atoms with Crippen molar-refractivity contribution in [3.63, 3.8) is 0 Å². The molecule has 3 nitrogen and oxygen atoms in total. The minimum absolute atomic E-state index is 0.606. The average molecular weight is 169 g/mol. The highest BCUT2D eigenvalue weighted by molar-refractivity contribution is 7.11. The molecule has 0 aliphatic carbocycles. The second-order valence-corrected chi connectivity index (χ2v) is 3.02. The largest absolute Gasteiger partial charge is 0.383 e. The maximum atomic E-state index is 5.65. The van der Waals surface area contributed by atoms with Gasteiger partial charge in [0.15, 0.2) is 0 Å². The van der Waals surface area contributed by atoms with Gasteiger partial charge in [-0.05, 0) is 6.42 Å². The number of nitrogens with two attached hydrogens (primary N) is 1. The molecule has 0 spiro atoms. The lowest BCUT2D eigenvalue weighted by Crippen LogP contribution is -2.11. The van der Waals surface area contributed by atoms with Crippen LogP contribution in [0, 0.1) is 0 Å². The number of rotatable bonds is 3. The molecule has 0 saturated carbocycles. The topological polar surface area (TPSA) is 51.3 Å². The molecule has 4 heteroatoms. The molecule has 1 heterocycles. The Morgan fingerprint density at radius 3 is 3.18 bits per heavy atom. The molecule has 0 aliphatic heterocycles. The molecular formula is C7H11N3S. The van der Waals surface area contributed by atoms with E-state index < -0.39 is 0 Å². The van der Waals surface area contributed by atoms with Crippen molar-refractivity contribution in [2.75, 3.05) is 6.54 Å². The summed E-state index contributed by atoms with van der Waals surface area (Å²) in [4.78, 5) is 9.02. The standard InChI is InChI=1S/C7H11N3S/c1-2-3-10-7(8)6-4-9-5-11-6/h4-5H,2-3H2,1H3,(H2,8,10). The number of hydrogen-bond acceptors (Lipinski definition) is 3. The lowest BCUT2D eigenvalue weighted by Gasteiger charge is -1.93. The first kappa shape index (κ1) is 8.20. The normalized spacial score (nSPS) is 11.9. The third kappa shape index (κ3) is 2.31. The molecule has 0 bridgehead atoms. The Hall–Kier alpha value is -0.900. The lowest BCUT2D eigenvalue weighted by molar-refractivity contribution is 0.931. The predicted molar refractivity (Wildman–Crippen MR) is 48.0 cm³/mol. The van der Waals surface area contributed by atoms with E-state index in [2.05, 4.69) is 16.9 Å². The molecule has 0 unspecified atom stereocenters. The van der Waals surface area contributed by atoms with Crippen molar-refractivity contribution in [1.29, 1.82) is 0 Å². The van der Waals surface area contributed by atoms with E-state index in [0.29, 0.717) is 5.84 Å². The number of aromatic nitrogens is 1. The minimum atomic E-state index is 0.606. The van der Waals surface area contributed by atoms with E-state index >= 15 is 0 Å². The zero-order chi connectivity index (χ0) is 8.10. The molecule has 0 radical (unpaired) electrons. The molecule has 2 N–H and O–H groups in total. The van der Waals surface area contributed by atoms with Gasteiger partial charge in [0, 0.05) is 12.7 Å². The van der Waals surface area contributed by atoms with Crippen LogP contribution in [0.2, 0.25) is 0 Å². The van der Waals surface area contributed by atoms with Gasteiger partial charge in [-0.1, -0.05) is 6.92 Å². The highest BCUT2D eigenvalue weighted by atomic mass is 32.1. The Kier molecular flexibility index (Phi) is 3.04. The maximum absolute atomic E-state index is 5.65. The molecule has 0 fully saturated rings. The summed E-state index contributed by atoms with van der Waals surface area (Å²) >= 11 is 1.51. The van der Waals surface area contributed by atoms with Gasteiger partial charge in [0.25, 0.3) is 0 Å². The summed E-state index contributed by atoms with van der Waals surface area (Å²) in [7, 11) is 0. The second kappa shape index (κ2) is 4.08. The van der Waals surface area contributed by atoms with E-state index in [-0.39, 0.29) is 0 Å². The number of amidine groups is 1. The maximum Gasteiger partial charge on any atom is 0.137 e. The van der Waals surface area contributed by atoms with Crippen LogP contribution >= 0.6 is 11.3 Å². The van der Waals surface area contributed by atoms with E-state index in [1.54, 1.807) is 11.7 Å². The fourth-order valence-electron chi connectivity index (χ4n) is 0.652. The van der Waals surface area contributed by atoms with Crippen molar-refractivity contribution in [3.05, 3.63) is 16.6 Å². The Balaban J connectivity index is 2.62. The first-order valence-corrected chi connectivity index (χ1v) is 4.41. The van der Waals surface area contributed by atoms with Crippen molar-refractivity contribution in [1.82, 2.24) is 4.98 Å². The summed E-state index contributed by atoms with van der Waals surface area (Å²) in [5.74, 6) is 0.606. The quantitative estimate of drug-likeness (QED) is 0.547. The molecule has 0 saturated heterocycles. The molecule has 11 heavy (non-hydrogen) atoms. The number of hydrogen-bond donors (Lipinski definition) is 1. The molecule has 1 aromatic heterocycles. The first-order valence-electron chi connectivity index (χ1n) is 3.53. The molecular weight excluding hydrogens is 158 g/mol. The van der Waals surface area contributed by atoms with Crippen LogP contribution < -0.4 is 5.73 Å². The van der Waals surface area contributed by atoms with Gasteiger partial charge in [0.2, 0.25) is 0 Å². The van der Waals surface area contributed by atoms with Crippen LogP contribution in [0.25, 0.3) is 0 Å². The number of nitrogens with zero attached hydrogens (tertiary/aromatic N) is 2. The van der Waals surface area contributed by atoms with E-state index in [1.807, 2.05) is 0 Å². The van der Waals surface area contributed by atoms with Gasteiger partial charge in [-0.15, -0.1) is 11.3 Å². The SMILES string of the molecule is CCCN=C(N)c1cncs1. The Morgan fingerprint density at radius 1 is 1.82 bits per heavy atom. The molecule has 1 rings (SSSR count). The summed E-state index contributed by atoms with van der Waals surface area (Å²) in [6.45, 7) is 2.87. The van der Waals surface area contributed by atoms with E-state index in [1.165, 1.54) is 11.3 Å². The highest BCUT2D eigenvalue weighted by Crippen LogP contribution is 2.04. The van der Waals surface area contributed by atoms with Crippen LogP contribution in [-0.2, 0) is 0 Å². The van der Waals surface area contributed by atoms with Gasteiger partial charge in [0.1, 0.15) is 5.84 Å². The third-order valence-corrected chi connectivity index (χ3v) is 1.99. The molecule has 0 aliphatic rings. The predicted octanol–water partition coefficient (Wildman–Crippen LogP) is 1.26. The van der Waals surface area contributed by atoms with E-state index in [4.69, 9.17) is 5.73 Å². The van der Waals surface area contributed by atoms with Gasteiger partial charge in [-0.3, -0.25) is 9.98 Å². The smallest absolute Gasteiger partial charge is 0.137 e. The van der Waals surface area contributed by atoms with Gasteiger partial charge >= 0.3 is 0 Å². The summed E-state index contributed by atoms with van der Waals surface area (Å²) in [5.41, 5.74) is 7.40. The summed E-state index contributed by atoms with van der Waals surface area (Å²) in [6.07, 6.45) is 2.76. The van der Waals surface area contributed by atoms with Gasteiger partial charge in [-0.25, -0.2) is 0 Å². The third-order valence-electron chi connectivity index (χ3n) is 1.19.